The summed E-state index contributed by atoms with van der Waals surface area (Å²) >= 11 is 0. The number of hydrogen-bond acceptors (Lipinski definition) is 3. The smallest absolute Gasteiger partial charge is 0.311 e. The number of rotatable bonds is 2. The second kappa shape index (κ2) is 3.85. The molecule has 0 fully saturated rings. The zero-order valence-corrected chi connectivity index (χ0v) is 7.20. The molecule has 64 valence electrons. The maximum Gasteiger partial charge on any atom is 0.311 e. The van der Waals surface area contributed by atoms with Crippen molar-refractivity contribution < 1.29 is 9.53 Å². The van der Waals surface area contributed by atoms with Crippen LogP contribution in [0.25, 0.3) is 0 Å². The molecule has 12 heavy (non-hydrogen) atoms. The quantitative estimate of drug-likeness (QED) is 0.616. The SMILES string of the molecule is COC(=O)Cc1cc(C)ccn1. The molecule has 3 nitrogen and oxygen atoms in total. The van der Waals surface area contributed by atoms with Gasteiger partial charge < -0.3 is 4.74 Å². The Morgan fingerprint density at radius 3 is 3.00 bits per heavy atom. The monoisotopic (exact) mass is 165 g/mol. The molecule has 1 aromatic heterocycles. The largest absolute Gasteiger partial charge is 0.469 e. The van der Waals surface area contributed by atoms with E-state index < -0.39 is 0 Å². The molecule has 0 aliphatic carbocycles. The molecule has 0 atom stereocenters. The van der Waals surface area contributed by atoms with Crippen LogP contribution < -0.4 is 0 Å². The van der Waals surface area contributed by atoms with Gasteiger partial charge in [0, 0.05) is 6.20 Å². The van der Waals surface area contributed by atoms with Crippen LogP contribution in [0.5, 0.6) is 0 Å². The lowest BCUT2D eigenvalue weighted by molar-refractivity contribution is -0.139. The van der Waals surface area contributed by atoms with E-state index in [2.05, 4.69) is 9.72 Å². The lowest BCUT2D eigenvalue weighted by Gasteiger charge is -1.99. The Bertz CT molecular complexity index is 284. The van der Waals surface area contributed by atoms with Gasteiger partial charge in [0.2, 0.25) is 0 Å². The highest BCUT2D eigenvalue weighted by molar-refractivity contribution is 5.71. The van der Waals surface area contributed by atoms with Crippen LogP contribution in [0, 0.1) is 6.92 Å². The van der Waals surface area contributed by atoms with E-state index >= 15 is 0 Å². The predicted molar refractivity (Wildman–Crippen MR) is 44.7 cm³/mol. The summed E-state index contributed by atoms with van der Waals surface area (Å²) in [4.78, 5) is 14.9. The zero-order chi connectivity index (χ0) is 8.97. The van der Waals surface area contributed by atoms with Crippen molar-refractivity contribution in [3.05, 3.63) is 29.6 Å². The van der Waals surface area contributed by atoms with Gasteiger partial charge in [-0.2, -0.15) is 0 Å². The molecule has 1 heterocycles. The summed E-state index contributed by atoms with van der Waals surface area (Å²) in [6.45, 7) is 1.96. The highest BCUT2D eigenvalue weighted by Crippen LogP contribution is 2.00. The topological polar surface area (TPSA) is 39.2 Å². The first-order chi connectivity index (χ1) is 5.72. The van der Waals surface area contributed by atoms with Gasteiger partial charge in [0.25, 0.3) is 0 Å². The average molecular weight is 165 g/mol. The molecule has 0 bridgehead atoms. The highest BCUT2D eigenvalue weighted by Gasteiger charge is 2.02. The number of aromatic nitrogens is 1. The van der Waals surface area contributed by atoms with Crippen LogP contribution in [0.15, 0.2) is 18.3 Å². The number of methoxy groups -OCH3 is 1. The number of nitrogens with zero attached hydrogens (tertiary/aromatic N) is 1. The van der Waals surface area contributed by atoms with Crippen molar-refractivity contribution in [1.82, 2.24) is 4.98 Å². The first kappa shape index (κ1) is 8.71. The van der Waals surface area contributed by atoms with Gasteiger partial charge in [-0.25, -0.2) is 0 Å². The summed E-state index contributed by atoms with van der Waals surface area (Å²) in [5.74, 6) is -0.256. The van der Waals surface area contributed by atoms with E-state index in [1.807, 2.05) is 19.1 Å². The summed E-state index contributed by atoms with van der Waals surface area (Å²) in [7, 11) is 1.37. The van der Waals surface area contributed by atoms with E-state index in [0.717, 1.165) is 11.3 Å². The molecule has 0 spiro atoms. The molecule has 1 rings (SSSR count). The van der Waals surface area contributed by atoms with Crippen molar-refractivity contribution in [2.45, 2.75) is 13.3 Å². The highest BCUT2D eigenvalue weighted by atomic mass is 16.5. The average Bonchev–Trinajstić information content (AvgIpc) is 2.04. The van der Waals surface area contributed by atoms with Crippen LogP contribution in [-0.4, -0.2) is 18.1 Å². The Kier molecular flexibility index (Phi) is 2.80. The van der Waals surface area contributed by atoms with E-state index in [1.54, 1.807) is 6.20 Å². The number of pyridine rings is 1. The Balaban J connectivity index is 2.69. The maximum absolute atomic E-state index is 10.8. The van der Waals surface area contributed by atoms with Crippen LogP contribution in [0.3, 0.4) is 0 Å². The van der Waals surface area contributed by atoms with E-state index in [9.17, 15) is 4.79 Å². The molecule has 1 aromatic rings. The molecule has 0 saturated carbocycles. The van der Waals surface area contributed by atoms with Gasteiger partial charge >= 0.3 is 5.97 Å². The van der Waals surface area contributed by atoms with Crippen LogP contribution in [0.2, 0.25) is 0 Å². The van der Waals surface area contributed by atoms with Gasteiger partial charge in [0.15, 0.2) is 0 Å². The predicted octanol–water partition coefficient (Wildman–Crippen LogP) is 1.11. The minimum absolute atomic E-state index is 0.248. The molecule has 0 unspecified atom stereocenters. The Hall–Kier alpha value is -1.38. The summed E-state index contributed by atoms with van der Waals surface area (Å²) in [5, 5.41) is 0. The fourth-order valence-corrected chi connectivity index (χ4v) is 0.915. The summed E-state index contributed by atoms with van der Waals surface area (Å²) in [6.07, 6.45) is 1.94. The van der Waals surface area contributed by atoms with Crippen LogP contribution in [0.1, 0.15) is 11.3 Å². The van der Waals surface area contributed by atoms with Gasteiger partial charge in [-0.15, -0.1) is 0 Å². The van der Waals surface area contributed by atoms with Crippen molar-refractivity contribution in [3.63, 3.8) is 0 Å². The van der Waals surface area contributed by atoms with E-state index in [0.29, 0.717) is 0 Å². The first-order valence-corrected chi connectivity index (χ1v) is 3.70. The lowest BCUT2D eigenvalue weighted by atomic mass is 10.2. The number of carbonyl (C=O) groups excluding carboxylic acids is 1. The van der Waals surface area contributed by atoms with Crippen LogP contribution in [-0.2, 0) is 16.0 Å². The number of carbonyl (C=O) groups is 1. The van der Waals surface area contributed by atoms with Crippen molar-refractivity contribution in [2.75, 3.05) is 7.11 Å². The van der Waals surface area contributed by atoms with Gasteiger partial charge in [-0.3, -0.25) is 9.78 Å². The summed E-state index contributed by atoms with van der Waals surface area (Å²) in [5.41, 5.74) is 1.85. The fraction of sp³-hybridized carbons (Fsp3) is 0.333. The van der Waals surface area contributed by atoms with Crippen LogP contribution in [0.4, 0.5) is 0 Å². The second-order valence-corrected chi connectivity index (χ2v) is 2.58. The van der Waals surface area contributed by atoms with Gasteiger partial charge in [-0.05, 0) is 24.6 Å². The van der Waals surface area contributed by atoms with E-state index in [-0.39, 0.29) is 12.4 Å². The standard InChI is InChI=1S/C9H11NO2/c1-7-3-4-10-8(5-7)6-9(11)12-2/h3-5H,6H2,1-2H3. The van der Waals surface area contributed by atoms with Crippen molar-refractivity contribution in [3.8, 4) is 0 Å². The molecule has 0 radical (unpaired) electrons. The molecule has 0 aliphatic heterocycles. The first-order valence-electron chi connectivity index (χ1n) is 3.70. The van der Waals surface area contributed by atoms with Crippen LogP contribution >= 0.6 is 0 Å². The third-order valence-corrected chi connectivity index (χ3v) is 1.53. The zero-order valence-electron chi connectivity index (χ0n) is 7.20. The minimum Gasteiger partial charge on any atom is -0.469 e. The second-order valence-electron chi connectivity index (χ2n) is 2.58. The number of ether oxygens (including phenoxy) is 1. The van der Waals surface area contributed by atoms with Crippen molar-refractivity contribution in [2.24, 2.45) is 0 Å². The van der Waals surface area contributed by atoms with E-state index in [4.69, 9.17) is 0 Å². The molecule has 0 aromatic carbocycles. The molecule has 3 heteroatoms. The number of aryl methyl sites for hydroxylation is 1. The number of hydrogen-bond donors (Lipinski definition) is 0. The lowest BCUT2D eigenvalue weighted by Crippen LogP contribution is -2.05. The molecule has 0 saturated heterocycles. The molecule has 0 aliphatic rings. The molecular formula is C9H11NO2. The maximum atomic E-state index is 10.8. The Morgan fingerprint density at radius 1 is 1.67 bits per heavy atom. The molecular weight excluding hydrogens is 154 g/mol. The minimum atomic E-state index is -0.256. The normalized spacial score (nSPS) is 9.50. The Labute approximate surface area is 71.4 Å². The van der Waals surface area contributed by atoms with Gasteiger partial charge in [0.05, 0.1) is 19.2 Å². The van der Waals surface area contributed by atoms with Crippen molar-refractivity contribution >= 4 is 5.97 Å². The van der Waals surface area contributed by atoms with Crippen molar-refractivity contribution in [1.29, 1.82) is 0 Å². The third-order valence-electron chi connectivity index (χ3n) is 1.53. The molecule has 0 amide bonds. The fourth-order valence-electron chi connectivity index (χ4n) is 0.915. The van der Waals surface area contributed by atoms with E-state index in [1.165, 1.54) is 7.11 Å². The third kappa shape index (κ3) is 2.34. The summed E-state index contributed by atoms with van der Waals surface area (Å²) in [6, 6.07) is 3.76. The molecule has 0 N–H and O–H groups in total. The van der Waals surface area contributed by atoms with Gasteiger partial charge in [0.1, 0.15) is 0 Å². The Morgan fingerprint density at radius 2 is 2.42 bits per heavy atom. The van der Waals surface area contributed by atoms with Gasteiger partial charge in [-0.1, -0.05) is 0 Å². The summed E-state index contributed by atoms with van der Waals surface area (Å²) < 4.78 is 4.52. The number of esters is 1.